The van der Waals surface area contributed by atoms with Gasteiger partial charge in [-0.2, -0.15) is 4.98 Å². The van der Waals surface area contributed by atoms with Crippen LogP contribution < -0.4 is 10.1 Å². The van der Waals surface area contributed by atoms with Crippen LogP contribution in [0.5, 0.6) is 5.88 Å². The summed E-state index contributed by atoms with van der Waals surface area (Å²) < 4.78 is 13.1. The second-order valence-corrected chi connectivity index (χ2v) is 7.01. The summed E-state index contributed by atoms with van der Waals surface area (Å²) in [6.07, 6.45) is 1.03. The number of rotatable bonds is 7. The van der Waals surface area contributed by atoms with E-state index in [-0.39, 0.29) is 13.3 Å². The van der Waals surface area contributed by atoms with E-state index in [1.807, 2.05) is 34.9 Å². The summed E-state index contributed by atoms with van der Waals surface area (Å²) in [6.45, 7) is 0.372. The minimum Gasteiger partial charge on any atom is -0.479 e. The molecule has 0 spiro atoms. The van der Waals surface area contributed by atoms with Gasteiger partial charge in [0.2, 0.25) is 5.88 Å². The van der Waals surface area contributed by atoms with Gasteiger partial charge in [0.05, 0.1) is 38.5 Å². The maximum atomic E-state index is 10.5. The van der Waals surface area contributed by atoms with Gasteiger partial charge in [0.25, 0.3) is 0 Å². The van der Waals surface area contributed by atoms with E-state index in [2.05, 4.69) is 15.3 Å². The molecule has 0 radical (unpaired) electrons. The normalized spacial score (nSPS) is 24.3. The summed E-state index contributed by atoms with van der Waals surface area (Å²) >= 11 is 0. The lowest BCUT2D eigenvalue weighted by Crippen LogP contribution is -2.35. The summed E-state index contributed by atoms with van der Waals surface area (Å²) in [6, 6.07) is 8.61. The van der Waals surface area contributed by atoms with Crippen LogP contribution in [-0.4, -0.2) is 61.8 Å². The molecule has 2 aromatic heterocycles. The molecule has 3 heterocycles. The zero-order valence-corrected chi connectivity index (χ0v) is 16.0. The van der Waals surface area contributed by atoms with E-state index < -0.39 is 24.3 Å². The Hall–Kier alpha value is -2.56. The summed E-state index contributed by atoms with van der Waals surface area (Å²) in [7, 11) is 1.53. The van der Waals surface area contributed by atoms with Gasteiger partial charge in [0, 0.05) is 11.8 Å². The van der Waals surface area contributed by atoms with Crippen molar-refractivity contribution in [3.05, 3.63) is 54.0 Å². The third kappa shape index (κ3) is 3.70. The molecule has 4 atom stereocenters. The van der Waals surface area contributed by atoms with E-state index in [1.54, 1.807) is 6.20 Å². The number of aromatic nitrogens is 3. The number of fused-ring (bicyclic) bond motifs is 1. The van der Waals surface area contributed by atoms with E-state index in [4.69, 9.17) is 9.47 Å². The van der Waals surface area contributed by atoms with Crippen LogP contribution in [0.2, 0.25) is 0 Å². The highest BCUT2D eigenvalue weighted by molar-refractivity contribution is 5.84. The van der Waals surface area contributed by atoms with Crippen molar-refractivity contribution in [2.24, 2.45) is 0 Å². The first-order valence-corrected chi connectivity index (χ1v) is 9.36. The molecule has 1 saturated heterocycles. The van der Waals surface area contributed by atoms with Gasteiger partial charge >= 0.3 is 0 Å². The smallest absolute Gasteiger partial charge is 0.241 e. The molecule has 1 fully saturated rings. The zero-order chi connectivity index (χ0) is 20.4. The molecule has 1 aliphatic rings. The molecule has 9 heteroatoms. The Bertz CT molecular complexity index is 964. The summed E-state index contributed by atoms with van der Waals surface area (Å²) in [5, 5.41) is 33.2. The van der Waals surface area contributed by atoms with Crippen LogP contribution in [0.25, 0.3) is 11.0 Å². The quantitative estimate of drug-likeness (QED) is 0.448. The lowest BCUT2D eigenvalue weighted by atomic mass is 10.0. The van der Waals surface area contributed by atoms with Gasteiger partial charge < -0.3 is 34.7 Å². The molecule has 0 saturated carbocycles. The van der Waals surface area contributed by atoms with Crippen LogP contribution in [0, 0.1) is 0 Å². The fourth-order valence-electron chi connectivity index (χ4n) is 3.74. The van der Waals surface area contributed by atoms with Crippen molar-refractivity contribution in [2.75, 3.05) is 13.7 Å². The van der Waals surface area contributed by atoms with Crippen LogP contribution in [0.1, 0.15) is 17.2 Å². The van der Waals surface area contributed by atoms with Crippen LogP contribution in [0.15, 0.2) is 42.9 Å². The minimum atomic E-state index is -1.09. The van der Waals surface area contributed by atoms with Gasteiger partial charge in [-0.3, -0.25) is 0 Å². The molecular weight excluding hydrogens is 376 g/mol. The van der Waals surface area contributed by atoms with Crippen molar-refractivity contribution >= 4 is 11.0 Å². The molecule has 1 aromatic carbocycles. The molecular formula is C20H24N4O5. The average Bonchev–Trinajstić information content (AvgIpc) is 3.26. The Morgan fingerprint density at radius 2 is 1.93 bits per heavy atom. The predicted octanol–water partition coefficient (Wildman–Crippen LogP) is 0.341. The third-order valence-electron chi connectivity index (χ3n) is 5.21. The fraction of sp³-hybridized carbons (Fsp3) is 0.400. The third-order valence-corrected chi connectivity index (χ3v) is 5.21. The van der Waals surface area contributed by atoms with Crippen molar-refractivity contribution in [3.8, 4) is 5.88 Å². The molecule has 4 N–H and O–H groups in total. The van der Waals surface area contributed by atoms with Gasteiger partial charge in [-0.25, -0.2) is 4.98 Å². The first-order chi connectivity index (χ1) is 14.1. The number of hydrogen-bond donors (Lipinski definition) is 4. The Kier molecular flexibility index (Phi) is 5.74. The molecule has 0 bridgehead atoms. The largest absolute Gasteiger partial charge is 0.479 e. The van der Waals surface area contributed by atoms with Gasteiger partial charge in [0.15, 0.2) is 0 Å². The van der Waals surface area contributed by atoms with E-state index in [9.17, 15) is 15.3 Å². The first kappa shape index (κ1) is 19.7. The lowest BCUT2D eigenvalue weighted by molar-refractivity contribution is 0.0195. The standard InChI is InChI=1S/C20H24N4O5/c1-28-20-17-15(21-10-22-20)13(16-19(27)18(26)14(8-25)23-16)7-24(17)11-29-9-12-5-3-2-4-6-12/h2-7,10,14,16,18-19,23,25-27H,8-9,11H2,1H3/t14-,16+,18-,19+/m1/s1. The molecule has 9 nitrogen and oxygen atoms in total. The highest BCUT2D eigenvalue weighted by Crippen LogP contribution is 2.35. The summed E-state index contributed by atoms with van der Waals surface area (Å²) in [4.78, 5) is 8.54. The van der Waals surface area contributed by atoms with Gasteiger partial charge in [-0.1, -0.05) is 30.3 Å². The number of nitrogens with zero attached hydrogens (tertiary/aromatic N) is 3. The van der Waals surface area contributed by atoms with E-state index in [1.165, 1.54) is 13.4 Å². The Morgan fingerprint density at radius 3 is 2.62 bits per heavy atom. The predicted molar refractivity (Wildman–Crippen MR) is 104 cm³/mol. The van der Waals surface area contributed by atoms with E-state index >= 15 is 0 Å². The minimum absolute atomic E-state index is 0.226. The number of aliphatic hydroxyl groups excluding tert-OH is 3. The lowest BCUT2D eigenvalue weighted by Gasteiger charge is -2.14. The maximum absolute atomic E-state index is 10.5. The maximum Gasteiger partial charge on any atom is 0.241 e. The molecule has 29 heavy (non-hydrogen) atoms. The molecule has 4 rings (SSSR count). The number of ether oxygens (including phenoxy) is 2. The number of hydrogen-bond acceptors (Lipinski definition) is 8. The van der Waals surface area contributed by atoms with E-state index in [0.717, 1.165) is 5.56 Å². The highest BCUT2D eigenvalue weighted by atomic mass is 16.5. The molecule has 0 unspecified atom stereocenters. The Morgan fingerprint density at radius 1 is 1.14 bits per heavy atom. The molecule has 0 aliphatic carbocycles. The molecule has 154 valence electrons. The summed E-state index contributed by atoms with van der Waals surface area (Å²) in [5.74, 6) is 0.385. The number of aliphatic hydroxyl groups is 3. The highest BCUT2D eigenvalue weighted by Gasteiger charge is 2.42. The van der Waals surface area contributed by atoms with Crippen LogP contribution in [-0.2, 0) is 18.1 Å². The number of nitrogens with one attached hydrogen (secondary N) is 1. The fourth-order valence-corrected chi connectivity index (χ4v) is 3.74. The second-order valence-electron chi connectivity index (χ2n) is 7.01. The monoisotopic (exact) mass is 400 g/mol. The van der Waals surface area contributed by atoms with Gasteiger partial charge in [-0.05, 0) is 5.56 Å². The average molecular weight is 400 g/mol. The van der Waals surface area contributed by atoms with Crippen molar-refractivity contribution in [2.45, 2.75) is 37.6 Å². The zero-order valence-electron chi connectivity index (χ0n) is 16.0. The van der Waals surface area contributed by atoms with Crippen LogP contribution >= 0.6 is 0 Å². The van der Waals surface area contributed by atoms with Crippen molar-refractivity contribution in [1.29, 1.82) is 0 Å². The van der Waals surface area contributed by atoms with Crippen molar-refractivity contribution in [3.63, 3.8) is 0 Å². The van der Waals surface area contributed by atoms with Gasteiger partial charge in [-0.15, -0.1) is 0 Å². The van der Waals surface area contributed by atoms with Gasteiger partial charge in [0.1, 0.15) is 30.2 Å². The summed E-state index contributed by atoms with van der Waals surface area (Å²) in [5.41, 5.74) is 2.94. The first-order valence-electron chi connectivity index (χ1n) is 9.36. The number of methoxy groups -OCH3 is 1. The molecule has 1 aliphatic heterocycles. The van der Waals surface area contributed by atoms with Crippen LogP contribution in [0.3, 0.4) is 0 Å². The van der Waals surface area contributed by atoms with E-state index in [0.29, 0.717) is 29.1 Å². The molecule has 0 amide bonds. The van der Waals surface area contributed by atoms with Crippen LogP contribution in [0.4, 0.5) is 0 Å². The topological polar surface area (TPSA) is 122 Å². The Balaban J connectivity index is 1.66. The Labute approximate surface area is 167 Å². The SMILES string of the molecule is COc1ncnc2c([C@@H]3N[C@H](CO)[C@@H](O)[C@H]3O)cn(COCc3ccccc3)c12. The van der Waals surface area contributed by atoms with Crippen molar-refractivity contribution in [1.82, 2.24) is 19.9 Å². The second kappa shape index (κ2) is 8.44. The number of benzene rings is 1. The molecule has 3 aromatic rings. The van der Waals surface area contributed by atoms with Crippen molar-refractivity contribution < 1.29 is 24.8 Å².